The maximum atomic E-state index is 13.9. The number of hydrogen-bond acceptors (Lipinski definition) is 4. The fourth-order valence-corrected chi connectivity index (χ4v) is 4.83. The van der Waals surface area contributed by atoms with Crippen LogP contribution in [0.25, 0.3) is 0 Å². The molecule has 0 aromatic heterocycles. The number of nitrogens with two attached hydrogens (primary N) is 1. The number of hydrogen-bond donors (Lipinski definition) is 3. The minimum absolute atomic E-state index is 0.0416. The Hall–Kier alpha value is -4.05. The molecule has 0 bridgehead atoms. The highest BCUT2D eigenvalue weighted by Gasteiger charge is 2.41. The number of amides is 3. The van der Waals surface area contributed by atoms with Crippen LogP contribution >= 0.6 is 0 Å². The van der Waals surface area contributed by atoms with Gasteiger partial charge in [-0.15, -0.1) is 0 Å². The molecule has 1 aliphatic heterocycles. The predicted molar refractivity (Wildman–Crippen MR) is 137 cm³/mol. The summed E-state index contributed by atoms with van der Waals surface area (Å²) in [5, 5.41) is 4.33. The number of primary amides is 1. The van der Waals surface area contributed by atoms with Gasteiger partial charge in [-0.05, 0) is 31.0 Å². The van der Waals surface area contributed by atoms with Gasteiger partial charge in [0.25, 0.3) is 12.9 Å². The number of anilines is 3. The molecule has 0 spiro atoms. The van der Waals surface area contributed by atoms with Crippen molar-refractivity contribution in [2.45, 2.75) is 56.9 Å². The number of carbonyl (C=O) groups is 3. The molecule has 3 rings (SSSR count). The first-order valence-electron chi connectivity index (χ1n) is 13.0. The van der Waals surface area contributed by atoms with Crippen molar-refractivity contribution >= 4 is 34.8 Å². The maximum Gasteiger partial charge on any atom is 0.389 e. The van der Waals surface area contributed by atoms with Crippen molar-refractivity contribution in [1.29, 1.82) is 0 Å². The fraction of sp³-hybridized carbons (Fsp3) is 0.444. The van der Waals surface area contributed by atoms with E-state index in [1.165, 1.54) is 24.3 Å². The molecule has 2 aromatic rings. The minimum atomic E-state index is -4.88. The highest BCUT2D eigenvalue weighted by Crippen LogP contribution is 2.41. The Bertz CT molecular complexity index is 1350. The molecule has 1 aliphatic rings. The molecule has 0 radical (unpaired) electrons. The van der Waals surface area contributed by atoms with E-state index in [0.29, 0.717) is 0 Å². The Morgan fingerprint density at radius 3 is 2.05 bits per heavy atom. The average molecular weight is 645 g/mol. The van der Waals surface area contributed by atoms with Crippen molar-refractivity contribution in [2.24, 2.45) is 17.6 Å². The Morgan fingerprint density at radius 1 is 0.909 bits per heavy atom. The van der Waals surface area contributed by atoms with E-state index in [0.717, 1.165) is 23.1 Å². The van der Waals surface area contributed by atoms with Crippen LogP contribution in [0.15, 0.2) is 42.5 Å². The molecular formula is C27H26F10N4O3. The molecule has 0 saturated carbocycles. The number of benzene rings is 2. The third kappa shape index (κ3) is 8.98. The quantitative estimate of drug-likeness (QED) is 0.242. The topological polar surface area (TPSA) is 105 Å². The highest BCUT2D eigenvalue weighted by atomic mass is 19.4. The van der Waals surface area contributed by atoms with Crippen molar-refractivity contribution < 1.29 is 58.3 Å². The van der Waals surface area contributed by atoms with Gasteiger partial charge in [-0.3, -0.25) is 14.4 Å². The second-order valence-corrected chi connectivity index (χ2v) is 10.0. The molecular weight excluding hydrogens is 618 g/mol. The number of rotatable bonds is 11. The second-order valence-electron chi connectivity index (χ2n) is 10.0. The molecule has 44 heavy (non-hydrogen) atoms. The summed E-state index contributed by atoms with van der Waals surface area (Å²) < 4.78 is 133. The lowest BCUT2D eigenvalue weighted by Crippen LogP contribution is -2.52. The van der Waals surface area contributed by atoms with E-state index >= 15 is 0 Å². The Balaban J connectivity index is 2.04. The molecule has 3 atom stereocenters. The zero-order chi connectivity index (χ0) is 33.0. The summed E-state index contributed by atoms with van der Waals surface area (Å²) in [6.45, 7) is -0.639. The lowest BCUT2D eigenvalue weighted by molar-refractivity contribution is -0.152. The summed E-state index contributed by atoms with van der Waals surface area (Å²) in [5.41, 5.74) is 3.43. The lowest BCUT2D eigenvalue weighted by atomic mass is 9.83. The monoisotopic (exact) mass is 644 g/mol. The summed E-state index contributed by atoms with van der Waals surface area (Å²) in [4.78, 5) is 39.7. The van der Waals surface area contributed by atoms with Gasteiger partial charge in [0.1, 0.15) is 6.04 Å². The number of fused-ring (bicyclic) bond motifs is 1. The van der Waals surface area contributed by atoms with Crippen LogP contribution in [0, 0.1) is 11.8 Å². The van der Waals surface area contributed by atoms with Crippen LogP contribution in [0.2, 0.25) is 0 Å². The lowest BCUT2D eigenvalue weighted by Gasteiger charge is -2.30. The number of carbonyl (C=O) groups excluding carboxylic acids is 3. The van der Waals surface area contributed by atoms with Crippen molar-refractivity contribution in [3.8, 4) is 0 Å². The van der Waals surface area contributed by atoms with Crippen molar-refractivity contribution in [3.05, 3.63) is 53.6 Å². The van der Waals surface area contributed by atoms with Crippen molar-refractivity contribution in [2.75, 3.05) is 16.8 Å². The summed E-state index contributed by atoms with van der Waals surface area (Å²) in [5.74, 6) is -8.15. The van der Waals surface area contributed by atoms with Crippen LogP contribution in [0.4, 0.5) is 61.0 Å². The molecule has 0 saturated heterocycles. The molecule has 4 N–H and O–H groups in total. The summed E-state index contributed by atoms with van der Waals surface area (Å²) in [6, 6.07) is 6.24. The van der Waals surface area contributed by atoms with Crippen molar-refractivity contribution in [3.63, 3.8) is 0 Å². The molecule has 7 nitrogen and oxygen atoms in total. The fourth-order valence-electron chi connectivity index (χ4n) is 4.83. The first-order valence-corrected chi connectivity index (χ1v) is 13.0. The largest absolute Gasteiger partial charge is 0.389 e. The van der Waals surface area contributed by atoms with Gasteiger partial charge < -0.3 is 21.3 Å². The van der Waals surface area contributed by atoms with E-state index in [9.17, 15) is 58.3 Å². The van der Waals surface area contributed by atoms with Crippen LogP contribution < -0.4 is 21.3 Å². The minimum Gasteiger partial charge on any atom is -0.369 e. The van der Waals surface area contributed by atoms with Gasteiger partial charge in [0.15, 0.2) is 0 Å². The number of halogens is 10. The van der Waals surface area contributed by atoms with E-state index in [-0.39, 0.29) is 11.4 Å². The normalized spacial score (nSPS) is 17.1. The van der Waals surface area contributed by atoms with Gasteiger partial charge in [0.05, 0.1) is 17.9 Å². The zero-order valence-corrected chi connectivity index (χ0v) is 22.5. The van der Waals surface area contributed by atoms with Crippen LogP contribution in [0.5, 0.6) is 0 Å². The van der Waals surface area contributed by atoms with Gasteiger partial charge >= 0.3 is 12.4 Å². The van der Waals surface area contributed by atoms with Crippen LogP contribution in [0.3, 0.4) is 0 Å². The molecule has 17 heteroatoms. The Morgan fingerprint density at radius 2 is 1.50 bits per heavy atom. The zero-order valence-electron chi connectivity index (χ0n) is 22.5. The molecule has 2 aromatic carbocycles. The molecule has 242 valence electrons. The summed E-state index contributed by atoms with van der Waals surface area (Å²) in [6.07, 6.45) is -21.4. The third-order valence-electron chi connectivity index (χ3n) is 6.95. The number of nitrogens with one attached hydrogen (secondary N) is 2. The van der Waals surface area contributed by atoms with Crippen LogP contribution in [-0.4, -0.2) is 42.7 Å². The van der Waals surface area contributed by atoms with E-state index in [2.05, 4.69) is 10.6 Å². The molecule has 0 fully saturated rings. The van der Waals surface area contributed by atoms with E-state index in [1.54, 1.807) is 0 Å². The smallest absolute Gasteiger partial charge is 0.369 e. The highest BCUT2D eigenvalue weighted by molar-refractivity contribution is 6.03. The number of para-hydroxylation sites is 1. The van der Waals surface area contributed by atoms with Crippen molar-refractivity contribution in [1.82, 2.24) is 5.32 Å². The Labute approximate surface area is 243 Å². The summed E-state index contributed by atoms with van der Waals surface area (Å²) in [7, 11) is 0. The number of nitrogens with zero attached hydrogens (tertiary/aromatic N) is 1. The molecule has 3 amide bonds. The van der Waals surface area contributed by atoms with Gasteiger partial charge in [0, 0.05) is 41.5 Å². The Kier molecular flexibility index (Phi) is 10.7. The van der Waals surface area contributed by atoms with Gasteiger partial charge in [-0.25, -0.2) is 17.6 Å². The standard InChI is InChI=1S/C27H26F10N4O3/c28-21(29)13-3-1-4-14(11-13)41-12-18(25(44)40-20-17(22(30)31)5-2-6-19(20)41)39-24(43)16(8-10-27(35,36)37)15(23(38)42)7-9-26(32,33)34/h1-6,11,15-16,18,21-22H,7-10,12H2,(H2,38,42)(H,39,43)(H,40,44)/t15?,16?,18-/m0/s1. The van der Waals surface area contributed by atoms with Gasteiger partial charge in [-0.1, -0.05) is 24.3 Å². The van der Waals surface area contributed by atoms with Crippen LogP contribution in [0.1, 0.15) is 49.7 Å². The molecule has 2 unspecified atom stereocenters. The first-order chi connectivity index (χ1) is 20.4. The van der Waals surface area contributed by atoms with Gasteiger partial charge in [-0.2, -0.15) is 26.3 Å². The molecule has 0 aliphatic carbocycles. The molecule has 1 heterocycles. The predicted octanol–water partition coefficient (Wildman–Crippen LogP) is 6.54. The van der Waals surface area contributed by atoms with E-state index in [1.807, 2.05) is 0 Å². The SMILES string of the molecule is NC(=O)C(CCC(F)(F)F)C(CCC(F)(F)F)C(=O)N[C@H]1CN(c2cccc(C(F)F)c2)c2cccc(C(F)F)c2NC1=O. The first kappa shape index (κ1) is 34.4. The van der Waals surface area contributed by atoms with E-state index < -0.39 is 110 Å². The maximum absolute atomic E-state index is 13.9. The third-order valence-corrected chi connectivity index (χ3v) is 6.95. The van der Waals surface area contributed by atoms with E-state index in [4.69, 9.17) is 5.73 Å². The second kappa shape index (κ2) is 13.7. The van der Waals surface area contributed by atoms with Gasteiger partial charge in [0.2, 0.25) is 17.7 Å². The number of alkyl halides is 10. The summed E-state index contributed by atoms with van der Waals surface area (Å²) >= 11 is 0. The average Bonchev–Trinajstić information content (AvgIpc) is 3.04. The van der Waals surface area contributed by atoms with Crippen LogP contribution in [-0.2, 0) is 14.4 Å².